The molecular formula is C17H21NO2S. The van der Waals surface area contributed by atoms with Crippen molar-refractivity contribution in [3.05, 3.63) is 46.2 Å². The molecule has 1 saturated carbocycles. The monoisotopic (exact) mass is 303 g/mol. The van der Waals surface area contributed by atoms with Gasteiger partial charge in [0, 0.05) is 22.3 Å². The highest BCUT2D eigenvalue weighted by Crippen LogP contribution is 2.23. The summed E-state index contributed by atoms with van der Waals surface area (Å²) in [6.07, 6.45) is 2.66. The number of hydrogen-bond acceptors (Lipinski definition) is 4. The van der Waals surface area contributed by atoms with Crippen LogP contribution in [0.5, 0.6) is 11.5 Å². The SMILES string of the molecule is CCOc1ccc(OCc2ccc(CNC3CC3)s2)cc1. The number of hydrogen-bond donors (Lipinski definition) is 1. The van der Waals surface area contributed by atoms with Crippen molar-refractivity contribution in [3.63, 3.8) is 0 Å². The fraction of sp³-hybridized carbons (Fsp3) is 0.412. The zero-order valence-electron chi connectivity index (χ0n) is 12.3. The van der Waals surface area contributed by atoms with Gasteiger partial charge in [-0.1, -0.05) is 0 Å². The fourth-order valence-corrected chi connectivity index (χ4v) is 2.96. The fourth-order valence-electron chi connectivity index (χ4n) is 2.08. The Kier molecular flexibility index (Phi) is 4.78. The van der Waals surface area contributed by atoms with Crippen molar-refractivity contribution < 1.29 is 9.47 Å². The third-order valence-electron chi connectivity index (χ3n) is 3.38. The molecule has 3 rings (SSSR count). The van der Waals surface area contributed by atoms with Gasteiger partial charge < -0.3 is 14.8 Å². The van der Waals surface area contributed by atoms with Crippen molar-refractivity contribution in [1.29, 1.82) is 0 Å². The van der Waals surface area contributed by atoms with E-state index in [-0.39, 0.29) is 0 Å². The summed E-state index contributed by atoms with van der Waals surface area (Å²) >= 11 is 1.82. The largest absolute Gasteiger partial charge is 0.494 e. The number of nitrogens with one attached hydrogen (secondary N) is 1. The van der Waals surface area contributed by atoms with Gasteiger partial charge in [0.1, 0.15) is 18.1 Å². The van der Waals surface area contributed by atoms with E-state index in [4.69, 9.17) is 9.47 Å². The molecule has 112 valence electrons. The molecule has 1 N–H and O–H groups in total. The van der Waals surface area contributed by atoms with Gasteiger partial charge in [-0.05, 0) is 56.2 Å². The Labute approximate surface area is 129 Å². The first kappa shape index (κ1) is 14.4. The molecule has 21 heavy (non-hydrogen) atoms. The van der Waals surface area contributed by atoms with E-state index in [0.717, 1.165) is 24.1 Å². The Balaban J connectivity index is 1.47. The van der Waals surface area contributed by atoms with Crippen LogP contribution in [-0.4, -0.2) is 12.6 Å². The van der Waals surface area contributed by atoms with Gasteiger partial charge in [-0.15, -0.1) is 11.3 Å². The van der Waals surface area contributed by atoms with Crippen LogP contribution < -0.4 is 14.8 Å². The van der Waals surface area contributed by atoms with E-state index in [1.165, 1.54) is 22.6 Å². The second-order valence-corrected chi connectivity index (χ2v) is 6.47. The maximum atomic E-state index is 5.81. The van der Waals surface area contributed by atoms with E-state index in [1.807, 2.05) is 42.5 Å². The molecule has 1 fully saturated rings. The molecule has 0 spiro atoms. The first-order valence-corrected chi connectivity index (χ1v) is 8.32. The Morgan fingerprint density at radius 2 is 1.67 bits per heavy atom. The minimum Gasteiger partial charge on any atom is -0.494 e. The van der Waals surface area contributed by atoms with Gasteiger partial charge in [-0.3, -0.25) is 0 Å². The topological polar surface area (TPSA) is 30.5 Å². The lowest BCUT2D eigenvalue weighted by molar-refractivity contribution is 0.307. The first-order chi connectivity index (χ1) is 10.3. The Hall–Kier alpha value is -1.52. The Bertz CT molecular complexity index is 560. The Morgan fingerprint density at radius 1 is 1.00 bits per heavy atom. The second kappa shape index (κ2) is 6.96. The molecule has 1 heterocycles. The maximum absolute atomic E-state index is 5.81. The quantitative estimate of drug-likeness (QED) is 0.800. The number of thiophene rings is 1. The van der Waals surface area contributed by atoms with Crippen LogP contribution in [0.15, 0.2) is 36.4 Å². The van der Waals surface area contributed by atoms with E-state index < -0.39 is 0 Å². The predicted octanol–water partition coefficient (Wildman–Crippen LogP) is 3.98. The molecule has 3 nitrogen and oxygen atoms in total. The van der Waals surface area contributed by atoms with Gasteiger partial charge in [0.15, 0.2) is 0 Å². The number of benzene rings is 1. The molecule has 2 aromatic rings. The minimum atomic E-state index is 0.627. The molecule has 1 aliphatic rings. The van der Waals surface area contributed by atoms with E-state index in [0.29, 0.717) is 13.2 Å². The molecule has 0 radical (unpaired) electrons. The normalized spacial score (nSPS) is 14.1. The van der Waals surface area contributed by atoms with Crippen molar-refractivity contribution in [2.45, 2.75) is 39.0 Å². The van der Waals surface area contributed by atoms with E-state index in [9.17, 15) is 0 Å². The summed E-state index contributed by atoms with van der Waals surface area (Å²) in [7, 11) is 0. The van der Waals surface area contributed by atoms with Gasteiger partial charge in [-0.2, -0.15) is 0 Å². The highest BCUT2D eigenvalue weighted by molar-refractivity contribution is 7.11. The van der Waals surface area contributed by atoms with Crippen LogP contribution in [0.3, 0.4) is 0 Å². The average molecular weight is 303 g/mol. The van der Waals surface area contributed by atoms with Crippen molar-refractivity contribution >= 4 is 11.3 Å². The molecule has 0 aliphatic heterocycles. The Morgan fingerprint density at radius 3 is 2.33 bits per heavy atom. The second-order valence-electron chi connectivity index (χ2n) is 5.22. The van der Waals surface area contributed by atoms with Gasteiger partial charge >= 0.3 is 0 Å². The molecular weight excluding hydrogens is 282 g/mol. The minimum absolute atomic E-state index is 0.627. The van der Waals surface area contributed by atoms with E-state index in [2.05, 4.69) is 17.4 Å². The third kappa shape index (κ3) is 4.48. The average Bonchev–Trinajstić information content (AvgIpc) is 3.23. The number of ether oxygens (including phenoxy) is 2. The van der Waals surface area contributed by atoms with Crippen LogP contribution in [0.2, 0.25) is 0 Å². The molecule has 0 unspecified atom stereocenters. The van der Waals surface area contributed by atoms with Crippen LogP contribution in [0.25, 0.3) is 0 Å². The van der Waals surface area contributed by atoms with Gasteiger partial charge in [0.25, 0.3) is 0 Å². The standard InChI is InChI=1S/C17H21NO2S/c1-2-19-14-5-7-15(8-6-14)20-12-17-10-9-16(21-17)11-18-13-3-4-13/h5-10,13,18H,2-4,11-12H2,1H3. The lowest BCUT2D eigenvalue weighted by Gasteiger charge is -2.06. The summed E-state index contributed by atoms with van der Waals surface area (Å²) in [5.74, 6) is 1.76. The zero-order chi connectivity index (χ0) is 14.5. The van der Waals surface area contributed by atoms with Crippen LogP contribution in [0.4, 0.5) is 0 Å². The van der Waals surface area contributed by atoms with Gasteiger partial charge in [0.05, 0.1) is 6.61 Å². The maximum Gasteiger partial charge on any atom is 0.122 e. The molecule has 0 bridgehead atoms. The van der Waals surface area contributed by atoms with Crippen molar-refractivity contribution in [1.82, 2.24) is 5.32 Å². The van der Waals surface area contributed by atoms with Gasteiger partial charge in [0.2, 0.25) is 0 Å². The molecule has 0 atom stereocenters. The molecule has 0 saturated heterocycles. The summed E-state index contributed by atoms with van der Waals surface area (Å²) in [6.45, 7) is 4.28. The molecule has 1 aromatic carbocycles. The third-order valence-corrected chi connectivity index (χ3v) is 4.43. The van der Waals surface area contributed by atoms with Crippen molar-refractivity contribution in [2.24, 2.45) is 0 Å². The zero-order valence-corrected chi connectivity index (χ0v) is 13.1. The van der Waals surface area contributed by atoms with Crippen LogP contribution in [0.1, 0.15) is 29.5 Å². The molecule has 0 amide bonds. The summed E-state index contributed by atoms with van der Waals surface area (Å²) in [5, 5.41) is 3.53. The molecule has 1 aliphatic carbocycles. The van der Waals surface area contributed by atoms with Crippen LogP contribution >= 0.6 is 11.3 Å². The van der Waals surface area contributed by atoms with Crippen molar-refractivity contribution in [3.8, 4) is 11.5 Å². The first-order valence-electron chi connectivity index (χ1n) is 7.50. The summed E-state index contributed by atoms with van der Waals surface area (Å²) in [4.78, 5) is 2.64. The lowest BCUT2D eigenvalue weighted by atomic mass is 10.3. The smallest absolute Gasteiger partial charge is 0.122 e. The molecule has 4 heteroatoms. The molecule has 1 aromatic heterocycles. The van der Waals surface area contributed by atoms with Crippen molar-refractivity contribution in [2.75, 3.05) is 6.61 Å². The van der Waals surface area contributed by atoms with Crippen LogP contribution in [-0.2, 0) is 13.2 Å². The van der Waals surface area contributed by atoms with Gasteiger partial charge in [-0.25, -0.2) is 0 Å². The number of rotatable bonds is 8. The van der Waals surface area contributed by atoms with E-state index in [1.54, 1.807) is 0 Å². The summed E-state index contributed by atoms with van der Waals surface area (Å²) < 4.78 is 11.2. The van der Waals surface area contributed by atoms with E-state index >= 15 is 0 Å². The summed E-state index contributed by atoms with van der Waals surface area (Å²) in [6, 6.07) is 12.9. The summed E-state index contributed by atoms with van der Waals surface area (Å²) in [5.41, 5.74) is 0. The lowest BCUT2D eigenvalue weighted by Crippen LogP contribution is -2.14. The highest BCUT2D eigenvalue weighted by atomic mass is 32.1. The highest BCUT2D eigenvalue weighted by Gasteiger charge is 2.20. The van der Waals surface area contributed by atoms with Crippen LogP contribution in [0, 0.1) is 0 Å². The predicted molar refractivity (Wildman–Crippen MR) is 86.1 cm³/mol.